The molecule has 5 nitrogen and oxygen atoms in total. The van der Waals surface area contributed by atoms with Gasteiger partial charge in [-0.15, -0.1) is 0 Å². The molecule has 53 heavy (non-hydrogen) atoms. The van der Waals surface area contributed by atoms with Crippen LogP contribution in [0.2, 0.25) is 0 Å². The maximum absolute atomic E-state index is 12.8. The van der Waals surface area contributed by atoms with Crippen molar-refractivity contribution in [3.8, 4) is 0 Å². The maximum Gasteiger partial charge on any atom is 0.407 e. The van der Waals surface area contributed by atoms with Gasteiger partial charge in [0.1, 0.15) is 6.10 Å². The summed E-state index contributed by atoms with van der Waals surface area (Å²) in [4.78, 5) is 12.8. The summed E-state index contributed by atoms with van der Waals surface area (Å²) in [5, 5.41) is 2.96. The average Bonchev–Trinajstić information content (AvgIpc) is 3.10. The molecule has 318 valence electrons. The zero-order valence-corrected chi connectivity index (χ0v) is 37.4. The Bertz CT molecular complexity index is 748. The first-order chi connectivity index (χ1) is 25.6. The summed E-state index contributed by atoms with van der Waals surface area (Å²) in [6.07, 6.45) is 45.2. The zero-order valence-electron chi connectivity index (χ0n) is 37.4. The van der Waals surface area contributed by atoms with E-state index in [4.69, 9.17) is 14.2 Å². The topological polar surface area (TPSA) is 56.8 Å². The van der Waals surface area contributed by atoms with E-state index >= 15 is 0 Å². The van der Waals surface area contributed by atoms with E-state index in [1.807, 2.05) is 0 Å². The second-order valence-electron chi connectivity index (χ2n) is 18.1. The minimum Gasteiger partial charge on any atom is -0.446 e. The third kappa shape index (κ3) is 42.2. The Labute approximate surface area is 333 Å². The number of amides is 1. The second kappa shape index (κ2) is 38.1. The molecule has 0 aliphatic carbocycles. The predicted octanol–water partition coefficient (Wildman–Crippen LogP) is 16.0. The summed E-state index contributed by atoms with van der Waals surface area (Å²) < 4.78 is 17.9. The van der Waals surface area contributed by atoms with Crippen molar-refractivity contribution in [2.45, 2.75) is 284 Å². The molecule has 0 rings (SSSR count). The van der Waals surface area contributed by atoms with Gasteiger partial charge in [-0.05, 0) is 66.7 Å². The number of nitrogens with one attached hydrogen (secondary N) is 1. The Hall–Kier alpha value is -0.810. The van der Waals surface area contributed by atoms with Crippen LogP contribution < -0.4 is 5.32 Å². The molecule has 0 radical (unpaired) electrons. The van der Waals surface area contributed by atoms with Crippen LogP contribution in [0.3, 0.4) is 0 Å². The molecule has 1 atom stereocenters. The normalized spacial score (nSPS) is 12.7. The highest BCUT2D eigenvalue weighted by molar-refractivity contribution is 5.67. The maximum atomic E-state index is 12.8. The van der Waals surface area contributed by atoms with Crippen LogP contribution in [0.5, 0.6) is 0 Å². The fourth-order valence-electron chi connectivity index (χ4n) is 7.27. The Morgan fingerprint density at radius 1 is 0.453 bits per heavy atom. The third-order valence-electron chi connectivity index (χ3n) is 10.9. The molecule has 0 saturated carbocycles. The zero-order chi connectivity index (χ0) is 39.1. The third-order valence-corrected chi connectivity index (χ3v) is 10.9. The standard InChI is InChI=1S/C48H97NO4/c1-8-10-12-14-16-18-20-22-24-26-28-30-32-34-36-38-40-45(39-37-35-33-31-29-27-25-23-21-19-17-15-13-11-9-2)53-46(50)49-42-44-52-48(6,7)41-43-51-47(3,4)5/h45H,8-44H2,1-7H3,(H,49,50). The molecule has 0 aromatic rings. The molecule has 0 spiro atoms. The highest BCUT2D eigenvalue weighted by atomic mass is 16.6. The molecule has 0 aromatic carbocycles. The van der Waals surface area contributed by atoms with Gasteiger partial charge < -0.3 is 19.5 Å². The number of ether oxygens (including phenoxy) is 3. The van der Waals surface area contributed by atoms with E-state index in [1.165, 1.54) is 186 Å². The Morgan fingerprint density at radius 2 is 0.774 bits per heavy atom. The number of hydrogen-bond acceptors (Lipinski definition) is 4. The van der Waals surface area contributed by atoms with E-state index in [1.54, 1.807) is 0 Å². The SMILES string of the molecule is CCCCCCCCCCCCCCCCCCC(CCCCCCCCCCCCCCCCC)OC(=O)NCCOC(C)(C)CCOC(C)(C)C. The summed E-state index contributed by atoms with van der Waals surface area (Å²) >= 11 is 0. The summed E-state index contributed by atoms with van der Waals surface area (Å²) in [6, 6.07) is 0. The lowest BCUT2D eigenvalue weighted by atomic mass is 10.0. The van der Waals surface area contributed by atoms with Crippen LogP contribution in [0, 0.1) is 0 Å². The molecule has 0 aromatic heterocycles. The molecule has 1 N–H and O–H groups in total. The molecule has 5 heteroatoms. The summed E-state index contributed by atoms with van der Waals surface area (Å²) in [5.41, 5.74) is -0.434. The van der Waals surface area contributed by atoms with Gasteiger partial charge in [-0.25, -0.2) is 4.79 Å². The average molecular weight is 752 g/mol. The summed E-state index contributed by atoms with van der Waals surface area (Å²) in [5.74, 6) is 0. The Morgan fingerprint density at radius 3 is 1.09 bits per heavy atom. The minimum absolute atomic E-state index is 0.0236. The largest absolute Gasteiger partial charge is 0.446 e. The van der Waals surface area contributed by atoms with Crippen LogP contribution in [0.15, 0.2) is 0 Å². The van der Waals surface area contributed by atoms with Crippen molar-refractivity contribution in [1.82, 2.24) is 5.32 Å². The molecule has 1 unspecified atom stereocenters. The monoisotopic (exact) mass is 752 g/mol. The lowest BCUT2D eigenvalue weighted by Gasteiger charge is -2.28. The van der Waals surface area contributed by atoms with Gasteiger partial charge in [0.2, 0.25) is 0 Å². The van der Waals surface area contributed by atoms with E-state index in [-0.39, 0.29) is 23.4 Å². The molecule has 0 fully saturated rings. The Balaban J connectivity index is 4.23. The van der Waals surface area contributed by atoms with Gasteiger partial charge in [0, 0.05) is 13.2 Å². The fourth-order valence-corrected chi connectivity index (χ4v) is 7.27. The number of rotatable bonds is 41. The fraction of sp³-hybridized carbons (Fsp3) is 0.979. The van der Waals surface area contributed by atoms with Gasteiger partial charge >= 0.3 is 6.09 Å². The van der Waals surface area contributed by atoms with E-state index in [0.717, 1.165) is 32.1 Å². The number of hydrogen-bond donors (Lipinski definition) is 1. The van der Waals surface area contributed by atoms with Crippen LogP contribution in [0.4, 0.5) is 4.79 Å². The molecule has 1 amide bonds. The van der Waals surface area contributed by atoms with Gasteiger partial charge in [-0.2, -0.15) is 0 Å². The van der Waals surface area contributed by atoms with Crippen molar-refractivity contribution in [3.63, 3.8) is 0 Å². The number of alkyl carbamates (subject to hydrolysis) is 1. The predicted molar refractivity (Wildman–Crippen MR) is 232 cm³/mol. The first kappa shape index (κ1) is 52.2. The van der Waals surface area contributed by atoms with Crippen molar-refractivity contribution in [2.75, 3.05) is 19.8 Å². The minimum atomic E-state index is -0.292. The highest BCUT2D eigenvalue weighted by Crippen LogP contribution is 2.20. The van der Waals surface area contributed by atoms with Crippen LogP contribution in [0.1, 0.15) is 267 Å². The number of carbonyl (C=O) groups is 1. The first-order valence-electron chi connectivity index (χ1n) is 23.8. The quantitative estimate of drug-likeness (QED) is 0.0632. The van der Waals surface area contributed by atoms with Crippen molar-refractivity contribution >= 4 is 6.09 Å². The van der Waals surface area contributed by atoms with Crippen LogP contribution in [0.25, 0.3) is 0 Å². The number of unbranched alkanes of at least 4 members (excludes halogenated alkanes) is 29. The molecule has 0 saturated heterocycles. The smallest absolute Gasteiger partial charge is 0.407 e. The molecule has 0 bridgehead atoms. The van der Waals surface area contributed by atoms with Gasteiger partial charge in [-0.3, -0.25) is 0 Å². The van der Waals surface area contributed by atoms with Crippen LogP contribution in [-0.2, 0) is 14.2 Å². The van der Waals surface area contributed by atoms with Gasteiger partial charge in [0.05, 0.1) is 17.8 Å². The van der Waals surface area contributed by atoms with Crippen LogP contribution >= 0.6 is 0 Å². The molecule has 0 aliphatic rings. The summed E-state index contributed by atoms with van der Waals surface area (Å²) in [6.45, 7) is 16.6. The molecular weight excluding hydrogens is 655 g/mol. The molecule has 0 aliphatic heterocycles. The van der Waals surface area contributed by atoms with E-state index in [0.29, 0.717) is 19.8 Å². The van der Waals surface area contributed by atoms with Gasteiger partial charge in [-0.1, -0.05) is 200 Å². The van der Waals surface area contributed by atoms with E-state index in [2.05, 4.69) is 53.8 Å². The summed E-state index contributed by atoms with van der Waals surface area (Å²) in [7, 11) is 0. The molecule has 0 heterocycles. The lowest BCUT2D eigenvalue weighted by Crippen LogP contribution is -2.35. The first-order valence-corrected chi connectivity index (χ1v) is 23.8. The van der Waals surface area contributed by atoms with E-state index < -0.39 is 0 Å². The molecular formula is C48H97NO4. The Kier molecular flexibility index (Phi) is 37.5. The van der Waals surface area contributed by atoms with Crippen molar-refractivity contribution < 1.29 is 19.0 Å². The second-order valence-corrected chi connectivity index (χ2v) is 18.1. The van der Waals surface area contributed by atoms with Crippen molar-refractivity contribution in [1.29, 1.82) is 0 Å². The van der Waals surface area contributed by atoms with Gasteiger partial charge in [0.25, 0.3) is 0 Å². The lowest BCUT2D eigenvalue weighted by molar-refractivity contribution is -0.0654. The van der Waals surface area contributed by atoms with Crippen molar-refractivity contribution in [2.24, 2.45) is 0 Å². The number of carbonyl (C=O) groups excluding carboxylic acids is 1. The van der Waals surface area contributed by atoms with Gasteiger partial charge in [0.15, 0.2) is 0 Å². The van der Waals surface area contributed by atoms with Crippen molar-refractivity contribution in [3.05, 3.63) is 0 Å². The van der Waals surface area contributed by atoms with E-state index in [9.17, 15) is 4.79 Å². The van der Waals surface area contributed by atoms with Crippen LogP contribution in [-0.4, -0.2) is 43.2 Å². The highest BCUT2D eigenvalue weighted by Gasteiger charge is 2.21.